The lowest BCUT2D eigenvalue weighted by molar-refractivity contribution is 0.620. The Bertz CT molecular complexity index is 367. The maximum Gasteiger partial charge on any atom is 0.123 e. The third kappa shape index (κ3) is 2.92. The maximum absolute atomic E-state index is 12.7. The van der Waals surface area contributed by atoms with Gasteiger partial charge in [-0.25, -0.2) is 4.39 Å². The zero-order valence-electron chi connectivity index (χ0n) is 9.45. The molecule has 0 amide bonds. The molecule has 0 spiro atoms. The minimum absolute atomic E-state index is 0.103. The molecule has 1 atom stereocenters. The highest BCUT2D eigenvalue weighted by atomic mass is 19.1. The lowest BCUT2D eigenvalue weighted by atomic mass is 9.91. The summed E-state index contributed by atoms with van der Waals surface area (Å²) in [5.74, 6) is -0.186. The third-order valence-corrected chi connectivity index (χ3v) is 3.17. The van der Waals surface area contributed by atoms with Crippen LogP contribution in [0.15, 0.2) is 35.9 Å². The summed E-state index contributed by atoms with van der Waals surface area (Å²) in [4.78, 5) is 0. The van der Waals surface area contributed by atoms with Gasteiger partial charge in [0.15, 0.2) is 0 Å². The van der Waals surface area contributed by atoms with E-state index in [1.54, 1.807) is 0 Å². The second kappa shape index (κ2) is 5.26. The van der Waals surface area contributed by atoms with E-state index in [1.165, 1.54) is 30.5 Å². The number of benzene rings is 1. The first-order valence-electron chi connectivity index (χ1n) is 5.94. The monoisotopic (exact) mass is 219 g/mol. The molecule has 0 heterocycles. The van der Waals surface area contributed by atoms with Crippen molar-refractivity contribution in [2.24, 2.45) is 5.73 Å². The summed E-state index contributed by atoms with van der Waals surface area (Å²) < 4.78 is 12.7. The van der Waals surface area contributed by atoms with Crippen LogP contribution in [0.3, 0.4) is 0 Å². The van der Waals surface area contributed by atoms with E-state index in [4.69, 9.17) is 5.73 Å². The molecule has 1 nitrogen and oxygen atoms in total. The van der Waals surface area contributed by atoms with Crippen molar-refractivity contribution in [1.29, 1.82) is 0 Å². The van der Waals surface area contributed by atoms with Crippen molar-refractivity contribution in [3.63, 3.8) is 0 Å². The summed E-state index contributed by atoms with van der Waals surface area (Å²) in [6.07, 6.45) is 7.91. The van der Waals surface area contributed by atoms with Gasteiger partial charge < -0.3 is 5.73 Å². The van der Waals surface area contributed by atoms with Crippen LogP contribution in [0.25, 0.3) is 0 Å². The Morgan fingerprint density at radius 1 is 1.19 bits per heavy atom. The summed E-state index contributed by atoms with van der Waals surface area (Å²) in [6, 6.07) is 6.73. The van der Waals surface area contributed by atoms with Crippen molar-refractivity contribution in [2.75, 3.05) is 0 Å². The molecule has 1 aliphatic rings. The van der Waals surface area contributed by atoms with Crippen LogP contribution in [0.1, 0.15) is 31.2 Å². The fraction of sp³-hybridized carbons (Fsp3) is 0.429. The number of nitrogens with two attached hydrogens (primary N) is 1. The molecule has 2 N–H and O–H groups in total. The van der Waals surface area contributed by atoms with Crippen LogP contribution in [0.5, 0.6) is 0 Å². The highest BCUT2D eigenvalue weighted by Gasteiger charge is 2.12. The predicted octanol–water partition coefficient (Wildman–Crippen LogP) is 3.20. The van der Waals surface area contributed by atoms with E-state index in [9.17, 15) is 4.39 Å². The van der Waals surface area contributed by atoms with E-state index in [2.05, 4.69) is 6.08 Å². The molecule has 0 aliphatic heterocycles. The minimum Gasteiger partial charge on any atom is -0.324 e. The summed E-state index contributed by atoms with van der Waals surface area (Å²) in [6.45, 7) is 0. The lowest BCUT2D eigenvalue weighted by Crippen LogP contribution is -2.26. The number of halogens is 1. The second-order valence-electron chi connectivity index (χ2n) is 4.46. The van der Waals surface area contributed by atoms with Gasteiger partial charge in [0.2, 0.25) is 0 Å². The Balaban J connectivity index is 1.98. The zero-order valence-corrected chi connectivity index (χ0v) is 9.45. The van der Waals surface area contributed by atoms with Gasteiger partial charge in [0.25, 0.3) is 0 Å². The van der Waals surface area contributed by atoms with Crippen LogP contribution < -0.4 is 5.73 Å². The number of hydrogen-bond acceptors (Lipinski definition) is 1. The van der Waals surface area contributed by atoms with Crippen molar-refractivity contribution >= 4 is 0 Å². The van der Waals surface area contributed by atoms with Gasteiger partial charge in [-0.1, -0.05) is 23.8 Å². The van der Waals surface area contributed by atoms with Gasteiger partial charge in [-0.3, -0.25) is 0 Å². The third-order valence-electron chi connectivity index (χ3n) is 3.17. The van der Waals surface area contributed by atoms with Gasteiger partial charge >= 0.3 is 0 Å². The van der Waals surface area contributed by atoms with Gasteiger partial charge in [-0.2, -0.15) is 0 Å². The molecule has 2 heteroatoms. The average molecular weight is 219 g/mol. The van der Waals surface area contributed by atoms with E-state index in [0.29, 0.717) is 0 Å². The number of rotatable bonds is 3. The first-order chi connectivity index (χ1) is 7.75. The Morgan fingerprint density at radius 2 is 1.94 bits per heavy atom. The fourth-order valence-electron chi connectivity index (χ4n) is 2.21. The standard InChI is InChI=1S/C14H18FN/c15-13-8-6-11(7-9-13)10-14(16)12-4-2-1-3-5-12/h4,6-9,14H,1-3,5,10,16H2. The second-order valence-corrected chi connectivity index (χ2v) is 4.46. The van der Waals surface area contributed by atoms with Gasteiger partial charge in [-0.05, 0) is 49.8 Å². The fourth-order valence-corrected chi connectivity index (χ4v) is 2.21. The predicted molar refractivity (Wildman–Crippen MR) is 64.6 cm³/mol. The molecular weight excluding hydrogens is 201 g/mol. The molecule has 1 unspecified atom stereocenters. The van der Waals surface area contributed by atoms with E-state index >= 15 is 0 Å². The van der Waals surface area contributed by atoms with Crippen LogP contribution in [0, 0.1) is 5.82 Å². The quantitative estimate of drug-likeness (QED) is 0.776. The Kier molecular flexibility index (Phi) is 3.73. The van der Waals surface area contributed by atoms with Gasteiger partial charge in [0.1, 0.15) is 5.82 Å². The first-order valence-corrected chi connectivity index (χ1v) is 5.94. The molecule has 0 radical (unpaired) electrons. The summed E-state index contributed by atoms with van der Waals surface area (Å²) in [5.41, 5.74) is 8.64. The zero-order chi connectivity index (χ0) is 11.4. The normalized spacial score (nSPS) is 18.0. The van der Waals surface area contributed by atoms with Gasteiger partial charge in [0, 0.05) is 6.04 Å². The Hall–Kier alpha value is -1.15. The molecule has 0 aromatic heterocycles. The molecule has 2 rings (SSSR count). The van der Waals surface area contributed by atoms with E-state index in [0.717, 1.165) is 24.8 Å². The molecule has 0 fully saturated rings. The highest BCUT2D eigenvalue weighted by Crippen LogP contribution is 2.21. The molecule has 86 valence electrons. The van der Waals surface area contributed by atoms with E-state index < -0.39 is 0 Å². The Morgan fingerprint density at radius 3 is 2.56 bits per heavy atom. The molecule has 0 saturated heterocycles. The first kappa shape index (κ1) is 11.3. The average Bonchev–Trinajstić information content (AvgIpc) is 2.33. The van der Waals surface area contributed by atoms with Crippen LogP contribution in [-0.2, 0) is 6.42 Å². The molecule has 0 saturated carbocycles. The maximum atomic E-state index is 12.7. The summed E-state index contributed by atoms with van der Waals surface area (Å²) in [5, 5.41) is 0. The SMILES string of the molecule is NC(Cc1ccc(F)cc1)C1=CCCCC1. The molecule has 1 aliphatic carbocycles. The smallest absolute Gasteiger partial charge is 0.123 e. The number of hydrogen-bond donors (Lipinski definition) is 1. The van der Waals surface area contributed by atoms with Crippen LogP contribution in [-0.4, -0.2) is 6.04 Å². The van der Waals surface area contributed by atoms with Crippen LogP contribution >= 0.6 is 0 Å². The summed E-state index contributed by atoms with van der Waals surface area (Å²) in [7, 11) is 0. The van der Waals surface area contributed by atoms with Crippen molar-refractivity contribution < 1.29 is 4.39 Å². The van der Waals surface area contributed by atoms with Crippen molar-refractivity contribution in [2.45, 2.75) is 38.1 Å². The van der Waals surface area contributed by atoms with Gasteiger partial charge in [-0.15, -0.1) is 0 Å². The lowest BCUT2D eigenvalue weighted by Gasteiger charge is -2.19. The Labute approximate surface area is 96.2 Å². The highest BCUT2D eigenvalue weighted by molar-refractivity contribution is 5.22. The van der Waals surface area contributed by atoms with Crippen molar-refractivity contribution in [1.82, 2.24) is 0 Å². The molecular formula is C14H18FN. The van der Waals surface area contributed by atoms with E-state index in [1.807, 2.05) is 12.1 Å². The largest absolute Gasteiger partial charge is 0.324 e. The molecule has 1 aromatic carbocycles. The molecule has 16 heavy (non-hydrogen) atoms. The molecule has 1 aromatic rings. The van der Waals surface area contributed by atoms with Crippen LogP contribution in [0.4, 0.5) is 4.39 Å². The van der Waals surface area contributed by atoms with Gasteiger partial charge in [0.05, 0.1) is 0 Å². The summed E-state index contributed by atoms with van der Waals surface area (Å²) >= 11 is 0. The molecule has 0 bridgehead atoms. The minimum atomic E-state index is -0.186. The van der Waals surface area contributed by atoms with E-state index in [-0.39, 0.29) is 11.9 Å². The number of allylic oxidation sites excluding steroid dienone is 1. The van der Waals surface area contributed by atoms with Crippen LogP contribution in [0.2, 0.25) is 0 Å². The van der Waals surface area contributed by atoms with Crippen molar-refractivity contribution in [3.05, 3.63) is 47.3 Å². The topological polar surface area (TPSA) is 26.0 Å². The van der Waals surface area contributed by atoms with Crippen molar-refractivity contribution in [3.8, 4) is 0 Å².